The first-order valence-corrected chi connectivity index (χ1v) is 7.50. The molecule has 0 saturated heterocycles. The van der Waals surface area contributed by atoms with Crippen molar-refractivity contribution in [2.75, 3.05) is 13.2 Å². The Kier molecular flexibility index (Phi) is 6.33. The molecule has 0 fully saturated rings. The van der Waals surface area contributed by atoms with Gasteiger partial charge in [-0.1, -0.05) is 0 Å². The van der Waals surface area contributed by atoms with Crippen molar-refractivity contribution in [3.63, 3.8) is 0 Å². The zero-order valence-corrected chi connectivity index (χ0v) is 14.3. The van der Waals surface area contributed by atoms with Crippen LogP contribution in [0.5, 0.6) is 0 Å². The van der Waals surface area contributed by atoms with E-state index in [9.17, 15) is 9.59 Å². The molecule has 0 aliphatic heterocycles. The van der Waals surface area contributed by atoms with Gasteiger partial charge in [0.05, 0.1) is 24.3 Å². The highest BCUT2D eigenvalue weighted by molar-refractivity contribution is 14.1. The minimum absolute atomic E-state index is 0.324. The molecule has 0 bridgehead atoms. The van der Waals surface area contributed by atoms with E-state index in [1.54, 1.807) is 26.0 Å². The number of carbonyl (C=O) groups is 2. The van der Waals surface area contributed by atoms with Crippen LogP contribution in [0, 0.1) is 7.14 Å². The molecule has 1 aromatic carbocycles. The average Bonchev–Trinajstić information content (AvgIpc) is 2.28. The molecule has 0 radical (unpaired) electrons. The standard InChI is InChI=1S/C12H12I2O4/c1-3-17-11(15)7-5-8(13)10(9(14)6-7)12(16)18-4-2/h5-6H,3-4H2,1-2H3. The van der Waals surface area contributed by atoms with Crippen LogP contribution in [0.1, 0.15) is 34.6 Å². The maximum atomic E-state index is 11.7. The highest BCUT2D eigenvalue weighted by Crippen LogP contribution is 2.23. The van der Waals surface area contributed by atoms with E-state index in [-0.39, 0.29) is 11.9 Å². The van der Waals surface area contributed by atoms with E-state index >= 15 is 0 Å². The molecular formula is C12H12I2O4. The summed E-state index contributed by atoms with van der Waals surface area (Å²) in [6, 6.07) is 3.26. The molecular weight excluding hydrogens is 462 g/mol. The quantitative estimate of drug-likeness (QED) is 0.497. The fourth-order valence-corrected chi connectivity index (χ4v) is 3.51. The molecule has 6 heteroatoms. The van der Waals surface area contributed by atoms with E-state index in [2.05, 4.69) is 0 Å². The van der Waals surface area contributed by atoms with Crippen molar-refractivity contribution in [3.8, 4) is 0 Å². The van der Waals surface area contributed by atoms with Gasteiger partial charge in [-0.2, -0.15) is 0 Å². The summed E-state index contributed by atoms with van der Waals surface area (Å²) in [5.41, 5.74) is 0.935. The van der Waals surface area contributed by atoms with Gasteiger partial charge < -0.3 is 9.47 Å². The molecule has 0 aliphatic rings. The van der Waals surface area contributed by atoms with Gasteiger partial charge in [0.1, 0.15) is 0 Å². The maximum Gasteiger partial charge on any atom is 0.340 e. The summed E-state index contributed by atoms with van der Waals surface area (Å²) in [6.07, 6.45) is 0. The predicted octanol–water partition coefficient (Wildman–Crippen LogP) is 3.25. The average molecular weight is 474 g/mol. The lowest BCUT2D eigenvalue weighted by atomic mass is 10.1. The van der Waals surface area contributed by atoms with Crippen LogP contribution in [-0.4, -0.2) is 25.2 Å². The van der Waals surface area contributed by atoms with Gasteiger partial charge in [0.2, 0.25) is 0 Å². The second kappa shape index (κ2) is 7.27. The van der Waals surface area contributed by atoms with Crippen molar-refractivity contribution in [3.05, 3.63) is 30.4 Å². The molecule has 0 atom stereocenters. The zero-order valence-electron chi connectivity index (χ0n) is 9.96. The molecule has 0 heterocycles. The monoisotopic (exact) mass is 474 g/mol. The third-order valence-electron chi connectivity index (χ3n) is 2.03. The first-order chi connectivity index (χ1) is 8.51. The topological polar surface area (TPSA) is 52.6 Å². The SMILES string of the molecule is CCOC(=O)c1cc(I)c(C(=O)OCC)c(I)c1. The van der Waals surface area contributed by atoms with Crippen LogP contribution in [0.15, 0.2) is 12.1 Å². The lowest BCUT2D eigenvalue weighted by Crippen LogP contribution is -2.12. The van der Waals surface area contributed by atoms with Crippen LogP contribution in [0.3, 0.4) is 0 Å². The second-order valence-electron chi connectivity index (χ2n) is 3.26. The molecule has 98 valence electrons. The maximum absolute atomic E-state index is 11.7. The molecule has 18 heavy (non-hydrogen) atoms. The third kappa shape index (κ3) is 3.81. The van der Waals surface area contributed by atoms with Crippen molar-refractivity contribution >= 4 is 57.1 Å². The summed E-state index contributed by atoms with van der Waals surface area (Å²) in [5.74, 6) is -0.759. The summed E-state index contributed by atoms with van der Waals surface area (Å²) in [6.45, 7) is 4.15. The van der Waals surface area contributed by atoms with E-state index in [4.69, 9.17) is 9.47 Å². The molecule has 0 unspecified atom stereocenters. The van der Waals surface area contributed by atoms with E-state index in [1.165, 1.54) is 0 Å². The minimum Gasteiger partial charge on any atom is -0.462 e. The Morgan fingerprint density at radius 3 is 1.89 bits per heavy atom. The van der Waals surface area contributed by atoms with Crippen LogP contribution < -0.4 is 0 Å². The molecule has 0 aliphatic carbocycles. The van der Waals surface area contributed by atoms with Gasteiger partial charge in [-0.25, -0.2) is 9.59 Å². The van der Waals surface area contributed by atoms with Crippen molar-refractivity contribution in [1.82, 2.24) is 0 Å². The summed E-state index contributed by atoms with van der Waals surface area (Å²) < 4.78 is 11.3. The Balaban J connectivity index is 3.12. The number of ether oxygens (including phenoxy) is 2. The van der Waals surface area contributed by atoms with E-state index < -0.39 is 0 Å². The molecule has 0 aromatic heterocycles. The fourth-order valence-electron chi connectivity index (χ4n) is 1.30. The lowest BCUT2D eigenvalue weighted by molar-refractivity contribution is 0.0509. The Bertz CT molecular complexity index is 448. The molecule has 0 saturated carbocycles. The lowest BCUT2D eigenvalue weighted by Gasteiger charge is -2.09. The fraction of sp³-hybridized carbons (Fsp3) is 0.333. The largest absolute Gasteiger partial charge is 0.462 e. The molecule has 4 nitrogen and oxygen atoms in total. The van der Waals surface area contributed by atoms with Crippen LogP contribution in [0.25, 0.3) is 0 Å². The van der Waals surface area contributed by atoms with Crippen LogP contribution in [0.2, 0.25) is 0 Å². The summed E-state index contributed by atoms with van der Waals surface area (Å²) in [4.78, 5) is 23.4. The molecule has 0 amide bonds. The predicted molar refractivity (Wildman–Crippen MR) is 83.8 cm³/mol. The Morgan fingerprint density at radius 1 is 1.00 bits per heavy atom. The highest BCUT2D eigenvalue weighted by Gasteiger charge is 2.19. The number of halogens is 2. The van der Waals surface area contributed by atoms with E-state index in [0.717, 1.165) is 0 Å². The van der Waals surface area contributed by atoms with Gasteiger partial charge in [-0.3, -0.25) is 0 Å². The first-order valence-electron chi connectivity index (χ1n) is 5.34. The highest BCUT2D eigenvalue weighted by atomic mass is 127. The Hall–Kier alpha value is -0.380. The molecule has 1 aromatic rings. The van der Waals surface area contributed by atoms with Crippen LogP contribution >= 0.6 is 45.2 Å². The zero-order chi connectivity index (χ0) is 13.7. The number of rotatable bonds is 4. The van der Waals surface area contributed by atoms with Gasteiger partial charge in [0.15, 0.2) is 0 Å². The van der Waals surface area contributed by atoms with E-state index in [0.29, 0.717) is 31.5 Å². The van der Waals surface area contributed by atoms with Gasteiger partial charge in [-0.05, 0) is 71.2 Å². The minimum atomic E-state index is -0.385. The Morgan fingerprint density at radius 2 is 1.44 bits per heavy atom. The van der Waals surface area contributed by atoms with Gasteiger partial charge in [0, 0.05) is 7.14 Å². The normalized spacial score (nSPS) is 10.0. The van der Waals surface area contributed by atoms with Gasteiger partial charge >= 0.3 is 11.9 Å². The Labute approximate surface area is 133 Å². The summed E-state index contributed by atoms with van der Waals surface area (Å²) in [5, 5.41) is 0. The number of carbonyl (C=O) groups excluding carboxylic acids is 2. The molecule has 0 spiro atoms. The number of benzene rings is 1. The third-order valence-corrected chi connectivity index (χ3v) is 3.73. The van der Waals surface area contributed by atoms with Gasteiger partial charge in [-0.15, -0.1) is 0 Å². The van der Waals surface area contributed by atoms with Gasteiger partial charge in [0.25, 0.3) is 0 Å². The molecule has 1 rings (SSSR count). The summed E-state index contributed by atoms with van der Waals surface area (Å²) in [7, 11) is 0. The van der Waals surface area contributed by atoms with Crippen molar-refractivity contribution in [2.24, 2.45) is 0 Å². The molecule has 0 N–H and O–H groups in total. The second-order valence-corrected chi connectivity index (χ2v) is 5.58. The van der Waals surface area contributed by atoms with Crippen LogP contribution in [-0.2, 0) is 9.47 Å². The smallest absolute Gasteiger partial charge is 0.340 e. The summed E-state index contributed by atoms with van der Waals surface area (Å²) >= 11 is 4.03. The van der Waals surface area contributed by atoms with Crippen molar-refractivity contribution in [1.29, 1.82) is 0 Å². The van der Waals surface area contributed by atoms with Crippen LogP contribution in [0.4, 0.5) is 0 Å². The number of esters is 2. The number of hydrogen-bond donors (Lipinski definition) is 0. The van der Waals surface area contributed by atoms with Crippen molar-refractivity contribution < 1.29 is 19.1 Å². The van der Waals surface area contributed by atoms with E-state index in [1.807, 2.05) is 45.2 Å². The first kappa shape index (κ1) is 15.7. The van der Waals surface area contributed by atoms with Crippen molar-refractivity contribution in [2.45, 2.75) is 13.8 Å². The number of hydrogen-bond acceptors (Lipinski definition) is 4.